The van der Waals surface area contributed by atoms with Gasteiger partial charge in [-0.2, -0.15) is 0 Å². The summed E-state index contributed by atoms with van der Waals surface area (Å²) in [5.74, 6) is -0.254. The van der Waals surface area contributed by atoms with Crippen LogP contribution in [0, 0.1) is 5.82 Å². The van der Waals surface area contributed by atoms with E-state index in [-0.39, 0.29) is 11.9 Å². The maximum Gasteiger partial charge on any atom is 0.123 e. The standard InChI is InChI=1S/C17H18Cl2FN/c1-2-21-16(9-12-3-5-14(18)6-4-12)11-13-10-15(20)7-8-17(13)19/h3-8,10,16,21H,2,9,11H2,1H3. The van der Waals surface area contributed by atoms with E-state index >= 15 is 0 Å². The van der Waals surface area contributed by atoms with Gasteiger partial charge in [0.2, 0.25) is 0 Å². The van der Waals surface area contributed by atoms with Crippen molar-refractivity contribution in [2.75, 3.05) is 6.54 Å². The summed E-state index contributed by atoms with van der Waals surface area (Å²) in [4.78, 5) is 0. The maximum absolute atomic E-state index is 13.4. The van der Waals surface area contributed by atoms with Gasteiger partial charge in [-0.3, -0.25) is 0 Å². The van der Waals surface area contributed by atoms with Crippen molar-refractivity contribution in [2.45, 2.75) is 25.8 Å². The molecule has 1 atom stereocenters. The molecule has 2 aromatic rings. The van der Waals surface area contributed by atoms with E-state index in [0.29, 0.717) is 11.4 Å². The molecule has 0 saturated carbocycles. The van der Waals surface area contributed by atoms with Gasteiger partial charge in [0.25, 0.3) is 0 Å². The van der Waals surface area contributed by atoms with Gasteiger partial charge in [0.05, 0.1) is 0 Å². The van der Waals surface area contributed by atoms with Gasteiger partial charge < -0.3 is 5.32 Å². The first-order valence-corrected chi connectivity index (χ1v) is 7.76. The van der Waals surface area contributed by atoms with Gasteiger partial charge >= 0.3 is 0 Å². The van der Waals surface area contributed by atoms with Crippen LogP contribution in [-0.2, 0) is 12.8 Å². The first-order valence-electron chi connectivity index (χ1n) is 7.00. The molecule has 0 aliphatic heterocycles. The van der Waals surface area contributed by atoms with E-state index in [4.69, 9.17) is 23.2 Å². The third-order valence-electron chi connectivity index (χ3n) is 3.36. The second kappa shape index (κ2) is 7.79. The normalized spacial score (nSPS) is 12.4. The van der Waals surface area contributed by atoms with Crippen LogP contribution in [0.3, 0.4) is 0 Å². The molecule has 112 valence electrons. The summed E-state index contributed by atoms with van der Waals surface area (Å²) in [7, 11) is 0. The molecular weight excluding hydrogens is 308 g/mol. The Morgan fingerprint density at radius 3 is 2.43 bits per heavy atom. The highest BCUT2D eigenvalue weighted by molar-refractivity contribution is 6.31. The van der Waals surface area contributed by atoms with E-state index in [1.807, 2.05) is 24.3 Å². The molecule has 2 rings (SSSR count). The van der Waals surface area contributed by atoms with Crippen molar-refractivity contribution in [3.8, 4) is 0 Å². The van der Waals surface area contributed by atoms with Crippen molar-refractivity contribution in [1.82, 2.24) is 5.32 Å². The molecule has 1 nitrogen and oxygen atoms in total. The van der Waals surface area contributed by atoms with Crippen molar-refractivity contribution >= 4 is 23.2 Å². The van der Waals surface area contributed by atoms with Crippen LogP contribution in [0.4, 0.5) is 4.39 Å². The highest BCUT2D eigenvalue weighted by Gasteiger charge is 2.12. The highest BCUT2D eigenvalue weighted by atomic mass is 35.5. The number of nitrogens with one attached hydrogen (secondary N) is 1. The van der Waals surface area contributed by atoms with E-state index in [9.17, 15) is 4.39 Å². The molecule has 1 unspecified atom stereocenters. The number of hydrogen-bond donors (Lipinski definition) is 1. The van der Waals surface area contributed by atoms with Gasteiger partial charge in [0.15, 0.2) is 0 Å². The smallest absolute Gasteiger partial charge is 0.123 e. The highest BCUT2D eigenvalue weighted by Crippen LogP contribution is 2.20. The van der Waals surface area contributed by atoms with Crippen LogP contribution < -0.4 is 5.32 Å². The molecule has 21 heavy (non-hydrogen) atoms. The van der Waals surface area contributed by atoms with Crippen molar-refractivity contribution in [2.24, 2.45) is 0 Å². The Hall–Kier alpha value is -1.09. The van der Waals surface area contributed by atoms with Gasteiger partial charge in [-0.05, 0) is 60.8 Å². The molecule has 0 amide bonds. The fourth-order valence-electron chi connectivity index (χ4n) is 2.38. The minimum atomic E-state index is -0.254. The molecular formula is C17H18Cl2FN. The lowest BCUT2D eigenvalue weighted by Crippen LogP contribution is -2.33. The van der Waals surface area contributed by atoms with Crippen LogP contribution in [0.25, 0.3) is 0 Å². The zero-order chi connectivity index (χ0) is 15.2. The van der Waals surface area contributed by atoms with Crippen molar-refractivity contribution in [3.63, 3.8) is 0 Å². The quantitative estimate of drug-likeness (QED) is 0.796. The van der Waals surface area contributed by atoms with E-state index in [1.54, 1.807) is 6.07 Å². The second-order valence-electron chi connectivity index (χ2n) is 5.03. The summed E-state index contributed by atoms with van der Waals surface area (Å²) < 4.78 is 13.4. The average Bonchev–Trinajstić information content (AvgIpc) is 2.45. The fraction of sp³-hybridized carbons (Fsp3) is 0.294. The SMILES string of the molecule is CCNC(Cc1ccc(Cl)cc1)Cc1cc(F)ccc1Cl. The number of halogens is 3. The summed E-state index contributed by atoms with van der Waals surface area (Å²) in [6.45, 7) is 2.91. The summed E-state index contributed by atoms with van der Waals surface area (Å²) in [5.41, 5.74) is 2.02. The van der Waals surface area contributed by atoms with Crippen LogP contribution in [-0.4, -0.2) is 12.6 Å². The lowest BCUT2D eigenvalue weighted by atomic mass is 9.99. The van der Waals surface area contributed by atoms with Gasteiger partial charge in [0, 0.05) is 16.1 Å². The van der Waals surface area contributed by atoms with Gasteiger partial charge in [-0.15, -0.1) is 0 Å². The molecule has 0 heterocycles. The first-order chi connectivity index (χ1) is 10.1. The molecule has 0 bridgehead atoms. The Morgan fingerprint density at radius 1 is 1.05 bits per heavy atom. The average molecular weight is 326 g/mol. The zero-order valence-corrected chi connectivity index (χ0v) is 13.4. The van der Waals surface area contributed by atoms with E-state index in [1.165, 1.54) is 17.7 Å². The van der Waals surface area contributed by atoms with Crippen molar-refractivity contribution in [3.05, 3.63) is 69.5 Å². The summed E-state index contributed by atoms with van der Waals surface area (Å²) >= 11 is 12.1. The van der Waals surface area contributed by atoms with E-state index in [2.05, 4.69) is 12.2 Å². The summed E-state index contributed by atoms with van der Waals surface area (Å²) in [6.07, 6.45) is 1.53. The third-order valence-corrected chi connectivity index (χ3v) is 3.98. The summed E-state index contributed by atoms with van der Waals surface area (Å²) in [6, 6.07) is 12.5. The second-order valence-corrected chi connectivity index (χ2v) is 5.87. The minimum Gasteiger partial charge on any atom is -0.314 e. The Balaban J connectivity index is 2.11. The van der Waals surface area contributed by atoms with Gasteiger partial charge in [0.1, 0.15) is 5.82 Å². The molecule has 0 aliphatic rings. The lowest BCUT2D eigenvalue weighted by Gasteiger charge is -2.19. The van der Waals surface area contributed by atoms with Crippen LogP contribution in [0.2, 0.25) is 10.0 Å². The lowest BCUT2D eigenvalue weighted by molar-refractivity contribution is 0.519. The first kappa shape index (κ1) is 16.3. The van der Waals surface area contributed by atoms with Gasteiger partial charge in [-0.1, -0.05) is 42.3 Å². The number of hydrogen-bond acceptors (Lipinski definition) is 1. The van der Waals surface area contributed by atoms with Crippen molar-refractivity contribution < 1.29 is 4.39 Å². The van der Waals surface area contributed by atoms with Crippen LogP contribution >= 0.6 is 23.2 Å². The largest absolute Gasteiger partial charge is 0.314 e. The summed E-state index contributed by atoms with van der Waals surface area (Å²) in [5, 5.41) is 4.76. The predicted molar refractivity (Wildman–Crippen MR) is 87.7 cm³/mol. The van der Waals surface area contributed by atoms with E-state index in [0.717, 1.165) is 23.6 Å². The monoisotopic (exact) mass is 325 g/mol. The van der Waals surface area contributed by atoms with Crippen molar-refractivity contribution in [1.29, 1.82) is 0 Å². The molecule has 0 spiro atoms. The Kier molecular flexibility index (Phi) is 6.04. The molecule has 1 N–H and O–H groups in total. The molecule has 0 aliphatic carbocycles. The number of benzene rings is 2. The topological polar surface area (TPSA) is 12.0 Å². The molecule has 0 radical (unpaired) electrons. The molecule has 4 heteroatoms. The zero-order valence-electron chi connectivity index (χ0n) is 11.9. The Bertz CT molecular complexity index is 584. The fourth-order valence-corrected chi connectivity index (χ4v) is 2.70. The van der Waals surface area contributed by atoms with E-state index < -0.39 is 0 Å². The Labute approximate surface area is 135 Å². The molecule has 2 aromatic carbocycles. The third kappa shape index (κ3) is 4.99. The van der Waals surface area contributed by atoms with Crippen LogP contribution in [0.15, 0.2) is 42.5 Å². The maximum atomic E-state index is 13.4. The number of rotatable bonds is 6. The van der Waals surface area contributed by atoms with Crippen LogP contribution in [0.5, 0.6) is 0 Å². The molecule has 0 saturated heterocycles. The number of likely N-dealkylation sites (N-methyl/N-ethyl adjacent to an activating group) is 1. The minimum absolute atomic E-state index is 0.204. The van der Waals surface area contributed by atoms with Gasteiger partial charge in [-0.25, -0.2) is 4.39 Å². The Morgan fingerprint density at radius 2 is 1.76 bits per heavy atom. The predicted octanol–water partition coefficient (Wildman–Crippen LogP) is 4.90. The van der Waals surface area contributed by atoms with Crippen LogP contribution in [0.1, 0.15) is 18.1 Å². The molecule has 0 fully saturated rings. The molecule has 0 aromatic heterocycles.